The van der Waals surface area contributed by atoms with E-state index in [-0.39, 0.29) is 37.3 Å². The molecule has 0 aliphatic heterocycles. The molecule has 0 spiro atoms. The third-order valence-corrected chi connectivity index (χ3v) is 4.44. The number of hydrogen-bond donors (Lipinski definition) is 2. The molecule has 154 valence electrons. The highest BCUT2D eigenvalue weighted by Crippen LogP contribution is 2.12. The highest BCUT2D eigenvalue weighted by atomic mass is 16.5. The van der Waals surface area contributed by atoms with E-state index in [4.69, 9.17) is 4.74 Å². The molecule has 2 aromatic rings. The van der Waals surface area contributed by atoms with E-state index in [1.165, 1.54) is 4.57 Å². The zero-order valence-corrected chi connectivity index (χ0v) is 17.0. The van der Waals surface area contributed by atoms with Gasteiger partial charge in [0, 0.05) is 19.1 Å². The minimum absolute atomic E-state index is 0.0693. The average Bonchev–Trinajstić information content (AvgIpc) is 2.91. The van der Waals surface area contributed by atoms with Gasteiger partial charge in [0.15, 0.2) is 0 Å². The first-order chi connectivity index (χ1) is 13.4. The van der Waals surface area contributed by atoms with Crippen LogP contribution in [0.15, 0.2) is 29.1 Å². The Labute approximate surface area is 164 Å². The number of alkyl carbamates (subject to hydrolysis) is 1. The van der Waals surface area contributed by atoms with Crippen LogP contribution in [0, 0.1) is 5.92 Å². The number of nitrogens with one attached hydrogen (secondary N) is 2. The van der Waals surface area contributed by atoms with Gasteiger partial charge in [0.05, 0.1) is 17.6 Å². The van der Waals surface area contributed by atoms with Crippen molar-refractivity contribution in [3.05, 3.63) is 34.7 Å². The number of carbonyl (C=O) groups is 2. The molecule has 0 radical (unpaired) electrons. The lowest BCUT2D eigenvalue weighted by atomic mass is 10.0. The average molecular weight is 390 g/mol. The fourth-order valence-electron chi connectivity index (χ4n) is 3.27. The number of carbonyl (C=O) groups excluding carboxylic acids is 2. The molecule has 0 aliphatic rings. The van der Waals surface area contributed by atoms with E-state index in [1.54, 1.807) is 11.5 Å². The van der Waals surface area contributed by atoms with E-state index in [9.17, 15) is 14.4 Å². The van der Waals surface area contributed by atoms with Crippen LogP contribution in [-0.2, 0) is 22.6 Å². The van der Waals surface area contributed by atoms with Gasteiger partial charge in [-0.05, 0) is 38.3 Å². The molecule has 8 heteroatoms. The van der Waals surface area contributed by atoms with Crippen molar-refractivity contribution in [2.75, 3.05) is 13.2 Å². The Kier molecular flexibility index (Phi) is 7.66. The first kappa shape index (κ1) is 21.5. The van der Waals surface area contributed by atoms with Gasteiger partial charge in [-0.25, -0.2) is 9.59 Å². The second kappa shape index (κ2) is 9.96. The summed E-state index contributed by atoms with van der Waals surface area (Å²) in [5.41, 5.74) is 1.33. The number of aryl methyl sites for hydroxylation is 1. The summed E-state index contributed by atoms with van der Waals surface area (Å²) in [6, 6.07) is 7.18. The Bertz CT molecular complexity index is 869. The third-order valence-electron chi connectivity index (χ3n) is 4.44. The van der Waals surface area contributed by atoms with Crippen molar-refractivity contribution < 1.29 is 14.3 Å². The van der Waals surface area contributed by atoms with Crippen molar-refractivity contribution in [2.45, 2.75) is 53.2 Å². The largest absolute Gasteiger partial charge is 0.450 e. The van der Waals surface area contributed by atoms with Crippen LogP contribution in [0.1, 0.15) is 34.1 Å². The van der Waals surface area contributed by atoms with Crippen LogP contribution in [0.3, 0.4) is 0 Å². The van der Waals surface area contributed by atoms with Crippen LogP contribution in [-0.4, -0.2) is 40.3 Å². The van der Waals surface area contributed by atoms with Crippen LogP contribution in [0.25, 0.3) is 11.0 Å². The molecule has 0 fully saturated rings. The molecule has 2 amide bonds. The lowest BCUT2D eigenvalue weighted by Gasteiger charge is -2.20. The van der Waals surface area contributed by atoms with Crippen LogP contribution in [0.5, 0.6) is 0 Å². The zero-order chi connectivity index (χ0) is 20.7. The summed E-state index contributed by atoms with van der Waals surface area (Å²) in [6.45, 7) is 8.75. The molecule has 1 heterocycles. The van der Waals surface area contributed by atoms with Crippen LogP contribution in [0.2, 0.25) is 0 Å². The second-order valence-corrected chi connectivity index (χ2v) is 7.10. The van der Waals surface area contributed by atoms with Gasteiger partial charge < -0.3 is 15.4 Å². The number of aromatic nitrogens is 2. The standard InChI is InChI=1S/C20H30N4O4/c1-5-23-16-9-7-8-10-17(16)24(20(23)27)13-18(25)21-12-15(11-14(3)4)22-19(26)28-6-2/h7-10,14-15H,5-6,11-13H2,1-4H3,(H,21,25)(H,22,26). The molecule has 8 nitrogen and oxygen atoms in total. The number of fused-ring (bicyclic) bond motifs is 1. The van der Waals surface area contributed by atoms with Gasteiger partial charge >= 0.3 is 11.8 Å². The van der Waals surface area contributed by atoms with Crippen LogP contribution in [0.4, 0.5) is 4.79 Å². The SMILES string of the molecule is CCOC(=O)NC(CNC(=O)Cn1c(=O)n(CC)c2ccccc21)CC(C)C. The van der Waals surface area contributed by atoms with Crippen molar-refractivity contribution in [3.8, 4) is 0 Å². The molecule has 28 heavy (non-hydrogen) atoms. The van der Waals surface area contributed by atoms with Crippen molar-refractivity contribution in [2.24, 2.45) is 5.92 Å². The molecular weight excluding hydrogens is 360 g/mol. The Morgan fingerprint density at radius 2 is 1.75 bits per heavy atom. The molecule has 1 unspecified atom stereocenters. The number of para-hydroxylation sites is 2. The van der Waals surface area contributed by atoms with Crippen molar-refractivity contribution in [3.63, 3.8) is 0 Å². The molecule has 1 aromatic carbocycles. The van der Waals surface area contributed by atoms with Gasteiger partial charge in [-0.2, -0.15) is 0 Å². The molecule has 0 saturated carbocycles. The summed E-state index contributed by atoms with van der Waals surface area (Å²) in [4.78, 5) is 36.8. The highest BCUT2D eigenvalue weighted by Gasteiger charge is 2.18. The third kappa shape index (κ3) is 5.37. The summed E-state index contributed by atoms with van der Waals surface area (Å²) < 4.78 is 8.05. The van der Waals surface area contributed by atoms with Gasteiger partial charge in [-0.15, -0.1) is 0 Å². The number of benzene rings is 1. The Hall–Kier alpha value is -2.77. The number of hydrogen-bond acceptors (Lipinski definition) is 4. The smallest absolute Gasteiger partial charge is 0.407 e. The first-order valence-corrected chi connectivity index (χ1v) is 9.75. The maximum Gasteiger partial charge on any atom is 0.407 e. The van der Waals surface area contributed by atoms with Crippen LogP contribution >= 0.6 is 0 Å². The van der Waals surface area contributed by atoms with Gasteiger partial charge in [0.25, 0.3) is 0 Å². The number of nitrogens with zero attached hydrogens (tertiary/aromatic N) is 2. The highest BCUT2D eigenvalue weighted by molar-refractivity contribution is 5.81. The Balaban J connectivity index is 2.06. The minimum Gasteiger partial charge on any atom is -0.450 e. The molecule has 0 saturated heterocycles. The Morgan fingerprint density at radius 1 is 1.11 bits per heavy atom. The van der Waals surface area contributed by atoms with Crippen molar-refractivity contribution in [1.29, 1.82) is 0 Å². The lowest BCUT2D eigenvalue weighted by Crippen LogP contribution is -2.45. The van der Waals surface area contributed by atoms with Crippen LogP contribution < -0.4 is 16.3 Å². The van der Waals surface area contributed by atoms with E-state index in [1.807, 2.05) is 45.0 Å². The topological polar surface area (TPSA) is 94.4 Å². The van der Waals surface area contributed by atoms with Gasteiger partial charge in [-0.3, -0.25) is 13.9 Å². The second-order valence-electron chi connectivity index (χ2n) is 7.10. The van der Waals surface area contributed by atoms with E-state index < -0.39 is 6.09 Å². The fraction of sp³-hybridized carbons (Fsp3) is 0.550. The molecule has 2 N–H and O–H groups in total. The first-order valence-electron chi connectivity index (χ1n) is 9.75. The number of amides is 2. The quantitative estimate of drug-likeness (QED) is 0.686. The molecule has 0 bridgehead atoms. The summed E-state index contributed by atoms with van der Waals surface area (Å²) in [7, 11) is 0. The minimum atomic E-state index is -0.496. The fourth-order valence-corrected chi connectivity index (χ4v) is 3.27. The molecule has 2 rings (SSSR count). The maximum atomic E-state index is 12.6. The molecule has 1 aromatic heterocycles. The predicted molar refractivity (Wildman–Crippen MR) is 108 cm³/mol. The van der Waals surface area contributed by atoms with Gasteiger partial charge in [0.2, 0.25) is 5.91 Å². The monoisotopic (exact) mass is 390 g/mol. The van der Waals surface area contributed by atoms with E-state index in [0.717, 1.165) is 11.0 Å². The normalized spacial score (nSPS) is 12.2. The Morgan fingerprint density at radius 3 is 2.32 bits per heavy atom. The van der Waals surface area contributed by atoms with Crippen molar-refractivity contribution in [1.82, 2.24) is 19.8 Å². The predicted octanol–water partition coefficient (Wildman–Crippen LogP) is 2.10. The van der Waals surface area contributed by atoms with E-state index >= 15 is 0 Å². The van der Waals surface area contributed by atoms with Gasteiger partial charge in [0.1, 0.15) is 6.54 Å². The molecular formula is C20H30N4O4. The van der Waals surface area contributed by atoms with Gasteiger partial charge in [-0.1, -0.05) is 26.0 Å². The zero-order valence-electron chi connectivity index (χ0n) is 17.0. The number of rotatable bonds is 9. The maximum absolute atomic E-state index is 12.6. The summed E-state index contributed by atoms with van der Waals surface area (Å²) in [6.07, 6.45) is 0.207. The molecule has 1 atom stereocenters. The number of ether oxygens (including phenoxy) is 1. The molecule has 0 aliphatic carbocycles. The van der Waals surface area contributed by atoms with E-state index in [0.29, 0.717) is 18.9 Å². The summed E-state index contributed by atoms with van der Waals surface area (Å²) in [5.74, 6) is 0.0644. The van der Waals surface area contributed by atoms with E-state index in [2.05, 4.69) is 10.6 Å². The summed E-state index contributed by atoms with van der Waals surface area (Å²) in [5, 5.41) is 5.60. The summed E-state index contributed by atoms with van der Waals surface area (Å²) >= 11 is 0. The van der Waals surface area contributed by atoms with Crippen molar-refractivity contribution >= 4 is 23.0 Å². The lowest BCUT2D eigenvalue weighted by molar-refractivity contribution is -0.121. The number of imidazole rings is 1.